The number of hydrogen-bond acceptors (Lipinski definition) is 2. The normalized spacial score (nSPS) is 10.7. The summed E-state index contributed by atoms with van der Waals surface area (Å²) in [5.41, 5.74) is 0. The van der Waals surface area contributed by atoms with E-state index in [9.17, 15) is 0 Å². The molecule has 0 aliphatic carbocycles. The van der Waals surface area contributed by atoms with E-state index >= 15 is 0 Å². The van der Waals surface area contributed by atoms with Crippen LogP contribution in [0, 0.1) is 13.8 Å². The van der Waals surface area contributed by atoms with Gasteiger partial charge in [-0.1, -0.05) is 27.7 Å². The lowest BCUT2D eigenvalue weighted by Gasteiger charge is -1.96. The molecule has 0 nitrogen and oxygen atoms in total. The quantitative estimate of drug-likeness (QED) is 0.600. The predicted molar refractivity (Wildman–Crippen MR) is 86.3 cm³/mol. The number of hydrogen-bond donors (Lipinski definition) is 0. The van der Waals surface area contributed by atoms with Crippen LogP contribution in [0.25, 0.3) is 0 Å². The van der Waals surface area contributed by atoms with Crippen LogP contribution in [0.3, 0.4) is 0 Å². The molecule has 0 bridgehead atoms. The molecule has 0 atom stereocenters. The largest absolute Gasteiger partial charge is 0.145 e. The maximum absolute atomic E-state index is 2.23. The molecule has 0 saturated carbocycles. The molecule has 0 aliphatic heterocycles. The van der Waals surface area contributed by atoms with Crippen LogP contribution in [-0.4, -0.2) is 0 Å². The highest BCUT2D eigenvalue weighted by Crippen LogP contribution is 2.23. The molecule has 0 unspecified atom stereocenters. The van der Waals surface area contributed by atoms with Gasteiger partial charge in [0.1, 0.15) is 0 Å². The van der Waals surface area contributed by atoms with Crippen molar-refractivity contribution in [2.75, 3.05) is 0 Å². The Labute approximate surface area is 120 Å². The smallest absolute Gasteiger partial charge is 0.00735 e. The minimum absolute atomic E-state index is 0.698. The Bertz CT molecular complexity index is 417. The number of aryl methyl sites for hydroxylation is 2. The molecule has 2 rings (SSSR count). The van der Waals surface area contributed by atoms with Crippen molar-refractivity contribution in [1.82, 2.24) is 0 Å². The van der Waals surface area contributed by atoms with E-state index in [1.54, 1.807) is 0 Å². The molecule has 0 N–H and O–H groups in total. The third-order valence-corrected chi connectivity index (χ3v) is 5.26. The van der Waals surface area contributed by atoms with Crippen molar-refractivity contribution in [3.63, 3.8) is 0 Å². The first-order chi connectivity index (χ1) is 8.40. The van der Waals surface area contributed by atoms with Crippen molar-refractivity contribution in [3.05, 3.63) is 43.8 Å². The summed E-state index contributed by atoms with van der Waals surface area (Å²) in [5, 5.41) is 0. The van der Waals surface area contributed by atoms with Crippen LogP contribution in [0.4, 0.5) is 0 Å². The van der Waals surface area contributed by atoms with Gasteiger partial charge in [-0.2, -0.15) is 0 Å². The van der Waals surface area contributed by atoms with Crippen LogP contribution in [0.2, 0.25) is 0 Å². The van der Waals surface area contributed by atoms with Crippen molar-refractivity contribution < 1.29 is 0 Å². The van der Waals surface area contributed by atoms with E-state index in [2.05, 4.69) is 65.8 Å². The van der Waals surface area contributed by atoms with Crippen LogP contribution < -0.4 is 0 Å². The maximum Gasteiger partial charge on any atom is 0.00735 e. The van der Waals surface area contributed by atoms with Crippen molar-refractivity contribution >= 4 is 22.7 Å². The van der Waals surface area contributed by atoms with Crippen LogP contribution in [-0.2, 0) is 0 Å². The fraction of sp³-hybridized carbons (Fsp3) is 0.500. The topological polar surface area (TPSA) is 0 Å². The highest BCUT2D eigenvalue weighted by atomic mass is 32.1. The van der Waals surface area contributed by atoms with Gasteiger partial charge < -0.3 is 0 Å². The highest BCUT2D eigenvalue weighted by molar-refractivity contribution is 7.12. The summed E-state index contributed by atoms with van der Waals surface area (Å²) < 4.78 is 0. The maximum atomic E-state index is 2.23. The SMILES string of the molecule is Cc1ccc(C(C)C)s1.Cc1ccc(C(C)C)s1. The van der Waals surface area contributed by atoms with Gasteiger partial charge in [0.05, 0.1) is 0 Å². The molecule has 0 saturated heterocycles. The zero-order valence-corrected chi connectivity index (χ0v) is 13.9. The average molecular weight is 281 g/mol. The standard InChI is InChI=1S/2C8H12S/c2*1-6(2)8-5-4-7(3)9-8/h2*4-6H,1-3H3. The molecular formula is C16H24S2. The second kappa shape index (κ2) is 7.10. The average Bonchev–Trinajstić information content (AvgIpc) is 2.88. The van der Waals surface area contributed by atoms with Gasteiger partial charge in [-0.25, -0.2) is 0 Å². The van der Waals surface area contributed by atoms with Gasteiger partial charge >= 0.3 is 0 Å². The zero-order chi connectivity index (χ0) is 13.7. The monoisotopic (exact) mass is 280 g/mol. The molecule has 2 heteroatoms. The van der Waals surface area contributed by atoms with E-state index < -0.39 is 0 Å². The third kappa shape index (κ3) is 4.95. The third-order valence-electron chi connectivity index (χ3n) is 2.66. The summed E-state index contributed by atoms with van der Waals surface area (Å²) >= 11 is 3.79. The first kappa shape index (κ1) is 15.5. The van der Waals surface area contributed by atoms with Gasteiger partial charge in [0.15, 0.2) is 0 Å². The van der Waals surface area contributed by atoms with E-state index in [1.807, 2.05) is 22.7 Å². The molecule has 0 aliphatic rings. The molecule has 2 aromatic rings. The Kier molecular flexibility index (Phi) is 6.10. The van der Waals surface area contributed by atoms with E-state index in [-0.39, 0.29) is 0 Å². The zero-order valence-electron chi connectivity index (χ0n) is 12.3. The molecule has 0 fully saturated rings. The van der Waals surface area contributed by atoms with E-state index in [0.717, 1.165) is 0 Å². The fourth-order valence-corrected chi connectivity index (χ4v) is 3.29. The van der Waals surface area contributed by atoms with Crippen molar-refractivity contribution in [2.24, 2.45) is 0 Å². The van der Waals surface area contributed by atoms with Gasteiger partial charge in [-0.3, -0.25) is 0 Å². The minimum Gasteiger partial charge on any atom is -0.145 e. The highest BCUT2D eigenvalue weighted by Gasteiger charge is 2.00. The Morgan fingerprint density at radius 2 is 1.00 bits per heavy atom. The van der Waals surface area contributed by atoms with E-state index in [4.69, 9.17) is 0 Å². The molecule has 0 radical (unpaired) electrons. The van der Waals surface area contributed by atoms with Crippen molar-refractivity contribution in [1.29, 1.82) is 0 Å². The molecule has 18 heavy (non-hydrogen) atoms. The Hall–Kier alpha value is -0.600. The van der Waals surface area contributed by atoms with Gasteiger partial charge in [0.2, 0.25) is 0 Å². The summed E-state index contributed by atoms with van der Waals surface area (Å²) in [5.74, 6) is 1.40. The molecule has 2 aromatic heterocycles. The van der Waals surface area contributed by atoms with Gasteiger partial charge in [0, 0.05) is 19.5 Å². The summed E-state index contributed by atoms with van der Waals surface area (Å²) in [4.78, 5) is 5.82. The van der Waals surface area contributed by atoms with Crippen LogP contribution in [0.5, 0.6) is 0 Å². The Morgan fingerprint density at radius 1 is 0.667 bits per heavy atom. The first-order valence-corrected chi connectivity index (χ1v) is 8.16. The summed E-state index contributed by atoms with van der Waals surface area (Å²) in [6.07, 6.45) is 0. The lowest BCUT2D eigenvalue weighted by Crippen LogP contribution is -1.77. The first-order valence-electron chi connectivity index (χ1n) is 6.52. The second-order valence-corrected chi connectivity index (χ2v) is 7.85. The molecule has 2 heterocycles. The molecule has 0 aromatic carbocycles. The predicted octanol–water partition coefficient (Wildman–Crippen LogP) is 6.36. The van der Waals surface area contributed by atoms with Gasteiger partial charge in [0.25, 0.3) is 0 Å². The summed E-state index contributed by atoms with van der Waals surface area (Å²) in [6, 6.07) is 8.79. The molecular weight excluding hydrogens is 256 g/mol. The second-order valence-electron chi connectivity index (χ2n) is 5.21. The minimum atomic E-state index is 0.698. The van der Waals surface area contributed by atoms with Crippen LogP contribution in [0.1, 0.15) is 59.0 Å². The lowest BCUT2D eigenvalue weighted by molar-refractivity contribution is 0.890. The van der Waals surface area contributed by atoms with Gasteiger partial charge in [-0.05, 0) is 49.9 Å². The fourth-order valence-electron chi connectivity index (χ4n) is 1.53. The van der Waals surface area contributed by atoms with Crippen LogP contribution in [0.15, 0.2) is 24.3 Å². The number of rotatable bonds is 2. The van der Waals surface area contributed by atoms with Crippen molar-refractivity contribution in [2.45, 2.75) is 53.4 Å². The van der Waals surface area contributed by atoms with E-state index in [1.165, 1.54) is 19.5 Å². The molecule has 0 amide bonds. The molecule has 0 spiro atoms. The number of thiophene rings is 2. The van der Waals surface area contributed by atoms with E-state index in [0.29, 0.717) is 11.8 Å². The Morgan fingerprint density at radius 3 is 1.11 bits per heavy atom. The van der Waals surface area contributed by atoms with Crippen molar-refractivity contribution in [3.8, 4) is 0 Å². The summed E-state index contributed by atoms with van der Waals surface area (Å²) in [6.45, 7) is 13.2. The Balaban J connectivity index is 0.000000180. The summed E-state index contributed by atoms with van der Waals surface area (Å²) in [7, 11) is 0. The molecule has 100 valence electrons. The van der Waals surface area contributed by atoms with Crippen LogP contribution >= 0.6 is 22.7 Å². The van der Waals surface area contributed by atoms with Gasteiger partial charge in [-0.15, -0.1) is 22.7 Å². The lowest BCUT2D eigenvalue weighted by atomic mass is 10.2.